The van der Waals surface area contributed by atoms with E-state index in [1.807, 2.05) is 4.90 Å². The maximum atomic E-state index is 12.1. The maximum Gasteiger partial charge on any atom is 0.289 e. The predicted octanol–water partition coefficient (Wildman–Crippen LogP) is 3.16. The standard InChI is InChI=1S/C12H16BrNO2/c1-8-5-9(2)7-14(6-8)12(15)10-3-4-11(13)16-10/h3-4,8-9H,5-7H2,1-2H3/t8-,9-/m1/s1. The molecule has 3 nitrogen and oxygen atoms in total. The van der Waals surface area contributed by atoms with Crippen LogP contribution in [0.2, 0.25) is 0 Å². The van der Waals surface area contributed by atoms with Gasteiger partial charge < -0.3 is 9.32 Å². The highest BCUT2D eigenvalue weighted by Crippen LogP contribution is 2.23. The Bertz CT molecular complexity index is 378. The van der Waals surface area contributed by atoms with E-state index in [-0.39, 0.29) is 5.91 Å². The summed E-state index contributed by atoms with van der Waals surface area (Å²) >= 11 is 3.21. The van der Waals surface area contributed by atoms with Crippen molar-refractivity contribution in [3.05, 3.63) is 22.6 Å². The van der Waals surface area contributed by atoms with E-state index in [1.165, 1.54) is 6.42 Å². The van der Waals surface area contributed by atoms with Crippen LogP contribution in [-0.2, 0) is 0 Å². The number of carbonyl (C=O) groups excluding carboxylic acids is 1. The average molecular weight is 286 g/mol. The number of nitrogens with zero attached hydrogens (tertiary/aromatic N) is 1. The lowest BCUT2D eigenvalue weighted by Gasteiger charge is -2.34. The second kappa shape index (κ2) is 4.62. The Hall–Kier alpha value is -0.770. The zero-order valence-electron chi connectivity index (χ0n) is 9.57. The Balaban J connectivity index is 2.09. The Morgan fingerprint density at radius 1 is 1.38 bits per heavy atom. The van der Waals surface area contributed by atoms with Crippen molar-refractivity contribution >= 4 is 21.8 Å². The normalized spacial score (nSPS) is 25.8. The van der Waals surface area contributed by atoms with Gasteiger partial charge in [-0.3, -0.25) is 4.79 Å². The van der Waals surface area contributed by atoms with Crippen LogP contribution in [-0.4, -0.2) is 23.9 Å². The first-order valence-electron chi connectivity index (χ1n) is 5.61. The molecule has 2 heterocycles. The molecule has 0 aliphatic carbocycles. The number of halogens is 1. The van der Waals surface area contributed by atoms with Gasteiger partial charge in [-0.05, 0) is 46.3 Å². The van der Waals surface area contributed by atoms with Gasteiger partial charge in [-0.1, -0.05) is 13.8 Å². The largest absolute Gasteiger partial charge is 0.444 e. The molecule has 0 spiro atoms. The first kappa shape index (κ1) is 11.7. The monoisotopic (exact) mass is 285 g/mol. The molecule has 1 aliphatic heterocycles. The highest BCUT2D eigenvalue weighted by molar-refractivity contribution is 9.10. The molecule has 0 radical (unpaired) electrons. The van der Waals surface area contributed by atoms with Gasteiger partial charge in [0.05, 0.1) is 0 Å². The lowest BCUT2D eigenvalue weighted by molar-refractivity contribution is 0.0590. The van der Waals surface area contributed by atoms with Gasteiger partial charge in [-0.15, -0.1) is 0 Å². The van der Waals surface area contributed by atoms with E-state index in [1.54, 1.807) is 12.1 Å². The molecular formula is C12H16BrNO2. The number of rotatable bonds is 1. The van der Waals surface area contributed by atoms with Crippen molar-refractivity contribution in [2.75, 3.05) is 13.1 Å². The van der Waals surface area contributed by atoms with E-state index < -0.39 is 0 Å². The molecular weight excluding hydrogens is 270 g/mol. The Morgan fingerprint density at radius 2 is 2.00 bits per heavy atom. The fourth-order valence-electron chi connectivity index (χ4n) is 2.41. The van der Waals surface area contributed by atoms with Crippen molar-refractivity contribution in [2.24, 2.45) is 11.8 Å². The first-order chi connectivity index (χ1) is 7.56. The molecule has 88 valence electrons. The van der Waals surface area contributed by atoms with Crippen molar-refractivity contribution in [3.63, 3.8) is 0 Å². The number of likely N-dealkylation sites (tertiary alicyclic amines) is 1. The summed E-state index contributed by atoms with van der Waals surface area (Å²) in [6.45, 7) is 6.05. The van der Waals surface area contributed by atoms with E-state index in [0.717, 1.165) is 13.1 Å². The van der Waals surface area contributed by atoms with Gasteiger partial charge in [0.1, 0.15) is 0 Å². The molecule has 0 N–H and O–H groups in total. The topological polar surface area (TPSA) is 33.5 Å². The molecule has 1 aromatic rings. The summed E-state index contributed by atoms with van der Waals surface area (Å²) in [5.74, 6) is 1.58. The Morgan fingerprint density at radius 3 is 2.50 bits per heavy atom. The van der Waals surface area contributed by atoms with Crippen LogP contribution in [0.1, 0.15) is 30.8 Å². The molecule has 0 bridgehead atoms. The van der Waals surface area contributed by atoms with E-state index in [9.17, 15) is 4.79 Å². The highest BCUT2D eigenvalue weighted by Gasteiger charge is 2.27. The van der Waals surface area contributed by atoms with E-state index in [0.29, 0.717) is 22.3 Å². The molecule has 1 amide bonds. The van der Waals surface area contributed by atoms with Crippen LogP contribution in [0.5, 0.6) is 0 Å². The molecule has 16 heavy (non-hydrogen) atoms. The molecule has 4 heteroatoms. The van der Waals surface area contributed by atoms with Gasteiger partial charge in [0.25, 0.3) is 5.91 Å². The van der Waals surface area contributed by atoms with Gasteiger partial charge in [-0.25, -0.2) is 0 Å². The van der Waals surface area contributed by atoms with Gasteiger partial charge in [-0.2, -0.15) is 0 Å². The third-order valence-electron chi connectivity index (χ3n) is 2.94. The molecule has 1 fully saturated rings. The van der Waals surface area contributed by atoms with E-state index in [2.05, 4.69) is 29.8 Å². The second-order valence-corrected chi connectivity index (χ2v) is 5.54. The lowest BCUT2D eigenvalue weighted by Crippen LogP contribution is -2.42. The summed E-state index contributed by atoms with van der Waals surface area (Å²) in [6, 6.07) is 3.47. The minimum atomic E-state index is 0.00380. The number of carbonyl (C=O) groups is 1. The summed E-state index contributed by atoms with van der Waals surface area (Å²) in [6.07, 6.45) is 1.20. The summed E-state index contributed by atoms with van der Waals surface area (Å²) < 4.78 is 5.90. The zero-order chi connectivity index (χ0) is 11.7. The third-order valence-corrected chi connectivity index (χ3v) is 3.37. The SMILES string of the molecule is C[C@@H]1C[C@@H](C)CN(C(=O)c2ccc(Br)o2)C1. The zero-order valence-corrected chi connectivity index (χ0v) is 11.2. The number of amides is 1. The fourth-order valence-corrected chi connectivity index (χ4v) is 2.72. The van der Waals surface area contributed by atoms with Crippen molar-refractivity contribution in [1.82, 2.24) is 4.90 Å². The first-order valence-corrected chi connectivity index (χ1v) is 6.40. The quantitative estimate of drug-likeness (QED) is 0.794. The van der Waals surface area contributed by atoms with Crippen LogP contribution in [0.25, 0.3) is 0 Å². The van der Waals surface area contributed by atoms with E-state index >= 15 is 0 Å². The molecule has 1 saturated heterocycles. The molecule has 0 aromatic carbocycles. The van der Waals surface area contributed by atoms with Crippen molar-refractivity contribution in [3.8, 4) is 0 Å². The minimum absolute atomic E-state index is 0.00380. The van der Waals surface area contributed by atoms with Crippen molar-refractivity contribution < 1.29 is 9.21 Å². The maximum absolute atomic E-state index is 12.1. The molecule has 1 aromatic heterocycles. The smallest absolute Gasteiger partial charge is 0.289 e. The number of hydrogen-bond acceptors (Lipinski definition) is 2. The van der Waals surface area contributed by atoms with Gasteiger partial charge in [0.15, 0.2) is 10.4 Å². The summed E-state index contributed by atoms with van der Waals surface area (Å²) in [4.78, 5) is 14.0. The Kier molecular flexibility index (Phi) is 3.38. The minimum Gasteiger partial charge on any atom is -0.444 e. The molecule has 2 rings (SSSR count). The summed E-state index contributed by atoms with van der Waals surface area (Å²) in [5.41, 5.74) is 0. The van der Waals surface area contributed by atoms with Gasteiger partial charge in [0, 0.05) is 13.1 Å². The predicted molar refractivity (Wildman–Crippen MR) is 65.3 cm³/mol. The summed E-state index contributed by atoms with van der Waals surface area (Å²) in [5, 5.41) is 0. The molecule has 2 atom stereocenters. The van der Waals surface area contributed by atoms with Crippen molar-refractivity contribution in [2.45, 2.75) is 20.3 Å². The van der Waals surface area contributed by atoms with Crippen LogP contribution in [0, 0.1) is 11.8 Å². The molecule has 0 saturated carbocycles. The van der Waals surface area contributed by atoms with Gasteiger partial charge >= 0.3 is 0 Å². The van der Waals surface area contributed by atoms with Crippen LogP contribution >= 0.6 is 15.9 Å². The van der Waals surface area contributed by atoms with Crippen LogP contribution in [0.3, 0.4) is 0 Å². The van der Waals surface area contributed by atoms with E-state index in [4.69, 9.17) is 4.42 Å². The number of furan rings is 1. The highest BCUT2D eigenvalue weighted by atomic mass is 79.9. The lowest BCUT2D eigenvalue weighted by atomic mass is 9.92. The average Bonchev–Trinajstić information content (AvgIpc) is 2.62. The number of hydrogen-bond donors (Lipinski definition) is 0. The van der Waals surface area contributed by atoms with Gasteiger partial charge in [0.2, 0.25) is 0 Å². The number of piperidine rings is 1. The second-order valence-electron chi connectivity index (χ2n) is 4.76. The van der Waals surface area contributed by atoms with Crippen LogP contribution in [0.4, 0.5) is 0 Å². The third kappa shape index (κ3) is 2.48. The van der Waals surface area contributed by atoms with Crippen LogP contribution < -0.4 is 0 Å². The van der Waals surface area contributed by atoms with Crippen LogP contribution in [0.15, 0.2) is 21.2 Å². The molecule has 0 unspecified atom stereocenters. The summed E-state index contributed by atoms with van der Waals surface area (Å²) in [7, 11) is 0. The molecule has 1 aliphatic rings. The van der Waals surface area contributed by atoms with Crippen molar-refractivity contribution in [1.29, 1.82) is 0 Å². The fraction of sp³-hybridized carbons (Fsp3) is 0.583. The Labute approximate surface area is 104 Å².